The molecule has 1 aliphatic rings. The highest BCUT2D eigenvalue weighted by atomic mass is 16.6. The van der Waals surface area contributed by atoms with Crippen LogP contribution < -0.4 is 15.8 Å². The molecule has 5 rings (SSSR count). The summed E-state index contributed by atoms with van der Waals surface area (Å²) in [4.78, 5) is 48.6. The number of nitrogens with zero attached hydrogens (tertiary/aromatic N) is 3. The Morgan fingerprint density at radius 3 is 2.57 bits per heavy atom. The number of alkyl carbamates (subject to hydrolysis) is 1. The largest absolute Gasteiger partial charge is 0.456 e. The third kappa shape index (κ3) is 6.82. The van der Waals surface area contributed by atoms with Crippen molar-refractivity contribution in [3.8, 4) is 0 Å². The maximum Gasteiger partial charge on any atom is 0.407 e. The maximum absolute atomic E-state index is 13.5. The Bertz CT molecular complexity index is 1640. The molecular formula is C32H37N5O5. The van der Waals surface area contributed by atoms with Crippen LogP contribution in [0.2, 0.25) is 0 Å². The Balaban J connectivity index is 1.47. The molecule has 0 bridgehead atoms. The van der Waals surface area contributed by atoms with E-state index >= 15 is 0 Å². The number of amides is 1. The van der Waals surface area contributed by atoms with Crippen molar-refractivity contribution in [3.63, 3.8) is 0 Å². The highest BCUT2D eigenvalue weighted by Gasteiger charge is 2.28. The zero-order chi connectivity index (χ0) is 29.9. The second-order valence-corrected chi connectivity index (χ2v) is 11.7. The lowest BCUT2D eigenvalue weighted by Gasteiger charge is -2.34. The molecule has 4 aromatic rings. The topological polar surface area (TPSA) is 119 Å². The molecule has 0 aliphatic carbocycles. The van der Waals surface area contributed by atoms with Gasteiger partial charge in [-0.25, -0.2) is 14.6 Å². The number of imidazole rings is 1. The Morgan fingerprint density at radius 1 is 1.10 bits per heavy atom. The van der Waals surface area contributed by atoms with Crippen LogP contribution in [-0.4, -0.2) is 51.3 Å². The minimum atomic E-state index is -0.632. The van der Waals surface area contributed by atoms with Crippen LogP contribution in [-0.2, 0) is 22.6 Å². The second-order valence-electron chi connectivity index (χ2n) is 11.7. The monoisotopic (exact) mass is 571 g/mol. The van der Waals surface area contributed by atoms with Gasteiger partial charge in [-0.3, -0.25) is 4.79 Å². The lowest BCUT2D eigenvalue weighted by molar-refractivity contribution is 0.0463. The van der Waals surface area contributed by atoms with Gasteiger partial charge in [0.15, 0.2) is 0 Å². The van der Waals surface area contributed by atoms with Gasteiger partial charge in [0.25, 0.3) is 5.56 Å². The summed E-state index contributed by atoms with van der Waals surface area (Å²) in [5.41, 5.74) is 2.77. The molecule has 2 aromatic carbocycles. The molecule has 220 valence electrons. The molecule has 3 heterocycles. The molecule has 1 amide bonds. The number of rotatable bonds is 7. The van der Waals surface area contributed by atoms with E-state index in [0.717, 1.165) is 29.5 Å². The van der Waals surface area contributed by atoms with Crippen molar-refractivity contribution in [1.82, 2.24) is 19.9 Å². The van der Waals surface area contributed by atoms with Crippen molar-refractivity contribution in [2.75, 3.05) is 18.0 Å². The summed E-state index contributed by atoms with van der Waals surface area (Å²) in [6.07, 6.45) is 1.16. The van der Waals surface area contributed by atoms with Crippen LogP contribution in [0.25, 0.3) is 11.0 Å². The summed E-state index contributed by atoms with van der Waals surface area (Å²) in [6.45, 7) is 9.23. The third-order valence-electron chi connectivity index (χ3n) is 7.17. The Labute approximate surface area is 244 Å². The average Bonchev–Trinajstić information content (AvgIpc) is 3.31. The van der Waals surface area contributed by atoms with Gasteiger partial charge in [-0.1, -0.05) is 54.6 Å². The predicted octanol–water partition coefficient (Wildman–Crippen LogP) is 4.93. The molecule has 42 heavy (non-hydrogen) atoms. The molecule has 10 nitrogen and oxygen atoms in total. The molecule has 0 spiro atoms. The van der Waals surface area contributed by atoms with Crippen molar-refractivity contribution in [3.05, 3.63) is 93.4 Å². The fraction of sp³-hybridized carbons (Fsp3) is 0.375. The first-order valence-corrected chi connectivity index (χ1v) is 14.2. The molecule has 0 saturated carbocycles. The van der Waals surface area contributed by atoms with E-state index in [1.807, 2.05) is 86.9 Å². The number of anilines is 1. The van der Waals surface area contributed by atoms with Gasteiger partial charge in [0.1, 0.15) is 23.4 Å². The number of carbonyl (C=O) groups is 2. The molecule has 0 unspecified atom stereocenters. The van der Waals surface area contributed by atoms with Crippen LogP contribution in [0.4, 0.5) is 10.7 Å². The van der Waals surface area contributed by atoms with Crippen molar-refractivity contribution in [1.29, 1.82) is 0 Å². The number of pyridine rings is 1. The number of piperidine rings is 1. The first kappa shape index (κ1) is 28.9. The summed E-state index contributed by atoms with van der Waals surface area (Å²) in [6, 6.07) is 18.8. The van der Waals surface area contributed by atoms with E-state index in [0.29, 0.717) is 36.6 Å². The van der Waals surface area contributed by atoms with E-state index in [4.69, 9.17) is 14.5 Å². The predicted molar refractivity (Wildman–Crippen MR) is 161 cm³/mol. The molecule has 0 radical (unpaired) electrons. The highest BCUT2D eigenvalue weighted by molar-refractivity contribution is 5.91. The van der Waals surface area contributed by atoms with Crippen LogP contribution in [0.3, 0.4) is 0 Å². The first-order chi connectivity index (χ1) is 20.1. The van der Waals surface area contributed by atoms with Crippen molar-refractivity contribution in [2.45, 2.75) is 65.3 Å². The van der Waals surface area contributed by atoms with E-state index in [2.05, 4.69) is 15.2 Å². The molecule has 1 fully saturated rings. The quantitative estimate of drug-likeness (QED) is 0.302. The summed E-state index contributed by atoms with van der Waals surface area (Å²) < 4.78 is 12.8. The van der Waals surface area contributed by atoms with Gasteiger partial charge in [-0.15, -0.1) is 0 Å². The van der Waals surface area contributed by atoms with Crippen LogP contribution in [0.1, 0.15) is 60.8 Å². The fourth-order valence-corrected chi connectivity index (χ4v) is 5.16. The van der Waals surface area contributed by atoms with E-state index < -0.39 is 23.2 Å². The number of aromatic amines is 1. The Kier molecular flexibility index (Phi) is 8.33. The van der Waals surface area contributed by atoms with Gasteiger partial charge in [0.05, 0.1) is 12.1 Å². The number of aryl methyl sites for hydroxylation is 1. The smallest absolute Gasteiger partial charge is 0.407 e. The number of hydrogen-bond acceptors (Lipinski definition) is 7. The van der Waals surface area contributed by atoms with Crippen LogP contribution in [0, 0.1) is 6.92 Å². The minimum absolute atomic E-state index is 0.0404. The van der Waals surface area contributed by atoms with E-state index in [1.165, 1.54) is 0 Å². The second kappa shape index (κ2) is 12.1. The zero-order valence-electron chi connectivity index (χ0n) is 24.5. The van der Waals surface area contributed by atoms with Gasteiger partial charge < -0.3 is 29.2 Å². The van der Waals surface area contributed by atoms with Gasteiger partial charge in [0, 0.05) is 19.1 Å². The van der Waals surface area contributed by atoms with Crippen LogP contribution in [0.5, 0.6) is 0 Å². The number of hydrogen-bond donors (Lipinski definition) is 2. The number of carbonyl (C=O) groups excluding carboxylic acids is 2. The van der Waals surface area contributed by atoms with Crippen LogP contribution in [0.15, 0.2) is 65.5 Å². The molecule has 2 N–H and O–H groups in total. The number of fused-ring (bicyclic) bond motifs is 1. The number of ether oxygens (including phenoxy) is 2. The summed E-state index contributed by atoms with van der Waals surface area (Å²) >= 11 is 0. The zero-order valence-corrected chi connectivity index (χ0v) is 24.5. The number of esters is 1. The standard InChI is InChI=1S/C32H37N5O5/c1-21-11-8-9-14-23(21)18-37-27-25(17-26(34-28(27)38)29(39)41-20-22-12-6-5-7-13-22)35-30(37)36-16-10-15-24(19-36)33-31(40)42-32(2,3)4/h5-9,11-14,17,24H,10,15-16,18-20H2,1-4H3,(H,33,40)(H,34,38)/t24-/m1/s1. The molecule has 1 saturated heterocycles. The van der Waals surface area contributed by atoms with Gasteiger partial charge >= 0.3 is 12.1 Å². The normalized spacial score (nSPS) is 15.4. The Morgan fingerprint density at radius 2 is 1.83 bits per heavy atom. The molecule has 2 aromatic heterocycles. The van der Waals surface area contributed by atoms with Crippen molar-refractivity contribution < 1.29 is 19.1 Å². The number of H-pyrrole nitrogens is 1. The average molecular weight is 572 g/mol. The maximum atomic E-state index is 13.5. The fourth-order valence-electron chi connectivity index (χ4n) is 5.16. The lowest BCUT2D eigenvalue weighted by Crippen LogP contribution is -2.49. The molecule has 1 atom stereocenters. The lowest BCUT2D eigenvalue weighted by atomic mass is 10.1. The van der Waals surface area contributed by atoms with Gasteiger partial charge in [0.2, 0.25) is 5.95 Å². The first-order valence-electron chi connectivity index (χ1n) is 14.2. The highest BCUT2D eigenvalue weighted by Crippen LogP contribution is 2.26. The number of benzene rings is 2. The van der Waals surface area contributed by atoms with Crippen LogP contribution >= 0.6 is 0 Å². The van der Waals surface area contributed by atoms with E-state index in [-0.39, 0.29) is 18.3 Å². The van der Waals surface area contributed by atoms with E-state index in [1.54, 1.807) is 6.07 Å². The van der Waals surface area contributed by atoms with Crippen molar-refractivity contribution >= 4 is 29.0 Å². The molecular weight excluding hydrogens is 534 g/mol. The summed E-state index contributed by atoms with van der Waals surface area (Å²) in [5.74, 6) is -0.0308. The third-order valence-corrected chi connectivity index (χ3v) is 7.17. The van der Waals surface area contributed by atoms with Crippen molar-refractivity contribution in [2.24, 2.45) is 0 Å². The number of aromatic nitrogens is 3. The Hall–Kier alpha value is -4.60. The van der Waals surface area contributed by atoms with E-state index in [9.17, 15) is 14.4 Å². The summed E-state index contributed by atoms with van der Waals surface area (Å²) in [5, 5.41) is 2.98. The number of nitrogens with one attached hydrogen (secondary N) is 2. The molecule has 1 aliphatic heterocycles. The van der Waals surface area contributed by atoms with Gasteiger partial charge in [-0.2, -0.15) is 0 Å². The SMILES string of the molecule is Cc1ccccc1Cn1c(N2CCC[C@@H](NC(=O)OC(C)(C)C)C2)nc2cc(C(=O)OCc3ccccc3)[nH]c(=O)c21. The van der Waals surface area contributed by atoms with Gasteiger partial charge in [-0.05, 0) is 63.3 Å². The minimum Gasteiger partial charge on any atom is -0.456 e. The molecule has 10 heteroatoms. The summed E-state index contributed by atoms with van der Waals surface area (Å²) in [7, 11) is 0.